The van der Waals surface area contributed by atoms with Crippen LogP contribution in [0.5, 0.6) is 0 Å². The summed E-state index contributed by atoms with van der Waals surface area (Å²) in [5, 5.41) is 0. The molecule has 0 aliphatic carbocycles. The lowest BCUT2D eigenvalue weighted by Gasteiger charge is -2.18. The van der Waals surface area contributed by atoms with Crippen molar-refractivity contribution in [3.63, 3.8) is 0 Å². The van der Waals surface area contributed by atoms with E-state index in [2.05, 4.69) is 20.8 Å². The predicted octanol–water partition coefficient (Wildman–Crippen LogP) is 16.8. The van der Waals surface area contributed by atoms with Crippen molar-refractivity contribution >= 4 is 17.9 Å². The summed E-state index contributed by atoms with van der Waals surface area (Å²) < 4.78 is 16.8. The molecule has 6 nitrogen and oxygen atoms in total. The molecule has 0 bridgehead atoms. The monoisotopic (exact) mass is 821 g/mol. The van der Waals surface area contributed by atoms with Crippen molar-refractivity contribution in [2.24, 2.45) is 0 Å². The fourth-order valence-electron chi connectivity index (χ4n) is 7.92. The Bertz CT molecular complexity index is 859. The van der Waals surface area contributed by atoms with E-state index in [-0.39, 0.29) is 31.1 Å². The standard InChI is InChI=1S/C52H100O6/c1-4-7-10-13-16-19-22-25-28-30-33-36-39-42-45-51(54)57-48-49(58-52(55)46-43-40-37-34-31-27-24-21-18-15-12-9-6-3)47-56-50(53)44-41-38-35-32-29-26-23-20-17-14-11-8-5-2/h49H,4-48H2,1-3H3/t49-/m0/s1. The Morgan fingerprint density at radius 2 is 0.466 bits per heavy atom. The molecule has 0 radical (unpaired) electrons. The van der Waals surface area contributed by atoms with Gasteiger partial charge in [-0.3, -0.25) is 14.4 Å². The van der Waals surface area contributed by atoms with Gasteiger partial charge in [-0.1, -0.05) is 258 Å². The van der Waals surface area contributed by atoms with E-state index in [0.29, 0.717) is 19.3 Å². The topological polar surface area (TPSA) is 78.9 Å². The average Bonchev–Trinajstić information content (AvgIpc) is 3.22. The highest BCUT2D eigenvalue weighted by atomic mass is 16.6. The molecule has 6 heteroatoms. The maximum atomic E-state index is 12.8. The van der Waals surface area contributed by atoms with E-state index in [9.17, 15) is 14.4 Å². The third-order valence-corrected chi connectivity index (χ3v) is 11.9. The second-order valence-electron chi connectivity index (χ2n) is 17.8. The lowest BCUT2D eigenvalue weighted by atomic mass is 10.0. The number of ether oxygens (including phenoxy) is 3. The number of hydrogen-bond acceptors (Lipinski definition) is 6. The Morgan fingerprint density at radius 1 is 0.276 bits per heavy atom. The van der Waals surface area contributed by atoms with E-state index >= 15 is 0 Å². The van der Waals surface area contributed by atoms with Crippen LogP contribution in [0.2, 0.25) is 0 Å². The molecule has 0 amide bonds. The normalized spacial score (nSPS) is 11.8. The SMILES string of the molecule is CCCCCCCCCCCCCCCCC(=O)OC[C@H](COC(=O)CCCCCCCCCCCCCCC)OC(=O)CCCCCCCCCCCCCCC. The van der Waals surface area contributed by atoms with Crippen molar-refractivity contribution in [2.75, 3.05) is 13.2 Å². The summed E-state index contributed by atoms with van der Waals surface area (Å²) in [5.41, 5.74) is 0. The molecule has 58 heavy (non-hydrogen) atoms. The number of unbranched alkanes of at least 4 members (excludes halogenated alkanes) is 37. The first-order valence-corrected chi connectivity index (χ1v) is 26.0. The van der Waals surface area contributed by atoms with Gasteiger partial charge in [-0.2, -0.15) is 0 Å². The van der Waals surface area contributed by atoms with Crippen molar-refractivity contribution in [2.45, 2.75) is 303 Å². The Labute approximate surface area is 361 Å². The smallest absolute Gasteiger partial charge is 0.306 e. The summed E-state index contributed by atoms with van der Waals surface area (Å²) in [6, 6.07) is 0. The van der Waals surface area contributed by atoms with E-state index in [4.69, 9.17) is 14.2 Å². The van der Waals surface area contributed by atoms with Crippen LogP contribution in [0.25, 0.3) is 0 Å². The zero-order valence-electron chi connectivity index (χ0n) is 39.3. The molecule has 0 aromatic rings. The Balaban J connectivity index is 4.31. The van der Waals surface area contributed by atoms with Crippen LogP contribution >= 0.6 is 0 Å². The second kappa shape index (κ2) is 48.1. The van der Waals surface area contributed by atoms with Crippen molar-refractivity contribution in [1.82, 2.24) is 0 Å². The van der Waals surface area contributed by atoms with Crippen LogP contribution in [-0.4, -0.2) is 37.2 Å². The summed E-state index contributed by atoms with van der Waals surface area (Å²) in [6.07, 6.45) is 50.8. The molecule has 0 fully saturated rings. The largest absolute Gasteiger partial charge is 0.462 e. The van der Waals surface area contributed by atoms with Gasteiger partial charge in [-0.15, -0.1) is 0 Å². The van der Waals surface area contributed by atoms with Crippen LogP contribution in [0.3, 0.4) is 0 Å². The fourth-order valence-corrected chi connectivity index (χ4v) is 7.92. The lowest BCUT2D eigenvalue weighted by Crippen LogP contribution is -2.30. The van der Waals surface area contributed by atoms with Gasteiger partial charge in [0.2, 0.25) is 0 Å². The predicted molar refractivity (Wildman–Crippen MR) is 247 cm³/mol. The van der Waals surface area contributed by atoms with E-state index in [1.807, 2.05) is 0 Å². The fraction of sp³-hybridized carbons (Fsp3) is 0.942. The Hall–Kier alpha value is -1.59. The summed E-state index contributed by atoms with van der Waals surface area (Å²) in [4.78, 5) is 37.9. The van der Waals surface area contributed by atoms with Crippen LogP contribution in [0.4, 0.5) is 0 Å². The maximum Gasteiger partial charge on any atom is 0.306 e. The minimum atomic E-state index is -0.759. The van der Waals surface area contributed by atoms with Gasteiger partial charge in [0.05, 0.1) is 0 Å². The van der Waals surface area contributed by atoms with Gasteiger partial charge in [-0.25, -0.2) is 0 Å². The molecule has 0 aromatic carbocycles. The summed E-state index contributed by atoms with van der Waals surface area (Å²) in [7, 11) is 0. The van der Waals surface area contributed by atoms with Crippen LogP contribution in [0.15, 0.2) is 0 Å². The molecule has 0 aliphatic rings. The van der Waals surface area contributed by atoms with Gasteiger partial charge in [-0.05, 0) is 19.3 Å². The molecule has 344 valence electrons. The van der Waals surface area contributed by atoms with Gasteiger partial charge in [0, 0.05) is 19.3 Å². The molecule has 0 rings (SSSR count). The quantitative estimate of drug-likeness (QED) is 0.0346. The molecule has 0 aromatic heterocycles. The van der Waals surface area contributed by atoms with Crippen LogP contribution in [0.1, 0.15) is 297 Å². The number of esters is 3. The van der Waals surface area contributed by atoms with Crippen molar-refractivity contribution in [1.29, 1.82) is 0 Å². The van der Waals surface area contributed by atoms with Gasteiger partial charge in [0.25, 0.3) is 0 Å². The van der Waals surface area contributed by atoms with Gasteiger partial charge in [0.15, 0.2) is 6.10 Å². The summed E-state index contributed by atoms with van der Waals surface area (Å²) in [6.45, 7) is 6.68. The Morgan fingerprint density at radius 3 is 0.690 bits per heavy atom. The minimum absolute atomic E-state index is 0.0617. The van der Waals surface area contributed by atoms with Gasteiger partial charge >= 0.3 is 17.9 Å². The first-order valence-electron chi connectivity index (χ1n) is 26.0. The van der Waals surface area contributed by atoms with E-state index < -0.39 is 6.10 Å². The highest BCUT2D eigenvalue weighted by molar-refractivity contribution is 5.71. The van der Waals surface area contributed by atoms with E-state index in [1.54, 1.807) is 0 Å². The maximum absolute atomic E-state index is 12.8. The number of hydrogen-bond donors (Lipinski definition) is 0. The van der Waals surface area contributed by atoms with Crippen LogP contribution in [-0.2, 0) is 28.6 Å². The molecule has 0 saturated heterocycles. The molecule has 0 spiro atoms. The summed E-state index contributed by atoms with van der Waals surface area (Å²) >= 11 is 0. The molecular formula is C52H100O6. The van der Waals surface area contributed by atoms with Crippen LogP contribution < -0.4 is 0 Å². The molecule has 0 unspecified atom stereocenters. The molecule has 1 atom stereocenters. The summed E-state index contributed by atoms with van der Waals surface area (Å²) in [5.74, 6) is -0.840. The first-order chi connectivity index (χ1) is 28.5. The highest BCUT2D eigenvalue weighted by Crippen LogP contribution is 2.17. The molecule has 0 saturated carbocycles. The van der Waals surface area contributed by atoms with Crippen molar-refractivity contribution in [3.05, 3.63) is 0 Å². The molecule has 0 heterocycles. The van der Waals surface area contributed by atoms with Gasteiger partial charge < -0.3 is 14.2 Å². The molecule has 0 N–H and O–H groups in total. The third-order valence-electron chi connectivity index (χ3n) is 11.9. The van der Waals surface area contributed by atoms with Gasteiger partial charge in [0.1, 0.15) is 13.2 Å². The minimum Gasteiger partial charge on any atom is -0.462 e. The zero-order chi connectivity index (χ0) is 42.3. The Kier molecular flexibility index (Phi) is 46.8. The second-order valence-corrected chi connectivity index (χ2v) is 17.8. The average molecular weight is 821 g/mol. The molecular weight excluding hydrogens is 721 g/mol. The molecule has 0 aliphatic heterocycles. The number of carbonyl (C=O) groups excluding carboxylic acids is 3. The van der Waals surface area contributed by atoms with Crippen molar-refractivity contribution in [3.8, 4) is 0 Å². The number of rotatable bonds is 48. The number of carbonyl (C=O) groups is 3. The highest BCUT2D eigenvalue weighted by Gasteiger charge is 2.19. The third kappa shape index (κ3) is 45.5. The zero-order valence-corrected chi connectivity index (χ0v) is 39.3. The van der Waals surface area contributed by atoms with Crippen molar-refractivity contribution < 1.29 is 28.6 Å². The van der Waals surface area contributed by atoms with E-state index in [1.165, 1.54) is 199 Å². The van der Waals surface area contributed by atoms with E-state index in [0.717, 1.165) is 57.8 Å². The first kappa shape index (κ1) is 56.4. The lowest BCUT2D eigenvalue weighted by molar-refractivity contribution is -0.167. The van der Waals surface area contributed by atoms with Crippen LogP contribution in [0, 0.1) is 0 Å².